The van der Waals surface area contributed by atoms with E-state index < -0.39 is 53.7 Å². The highest BCUT2D eigenvalue weighted by Crippen LogP contribution is 2.06. The summed E-state index contributed by atoms with van der Waals surface area (Å²) >= 11 is 0. The van der Waals surface area contributed by atoms with E-state index in [2.05, 4.69) is 0 Å². The van der Waals surface area contributed by atoms with Crippen LogP contribution in [-0.4, -0.2) is 143 Å². The Bertz CT molecular complexity index is 395. The van der Waals surface area contributed by atoms with Crippen LogP contribution in [0.2, 0.25) is 0 Å². The van der Waals surface area contributed by atoms with Gasteiger partial charge in [-0.1, -0.05) is 0 Å². The van der Waals surface area contributed by atoms with Crippen molar-refractivity contribution in [1.82, 2.24) is 9.80 Å². The predicted molar refractivity (Wildman–Crippen MR) is 116 cm³/mol. The minimum Gasteiger partial charge on any atom is -0.402 e. The van der Waals surface area contributed by atoms with Crippen LogP contribution in [0.15, 0.2) is 0 Å². The summed E-state index contributed by atoms with van der Waals surface area (Å²) in [6, 6.07) is 0. The molecule has 0 spiro atoms. The highest BCUT2D eigenvalue weighted by atomic mass is 16.6. The highest BCUT2D eigenvalue weighted by Gasteiger charge is 2.24. The van der Waals surface area contributed by atoms with Crippen molar-refractivity contribution >= 4 is 29.3 Å². The van der Waals surface area contributed by atoms with Crippen LogP contribution in [0.1, 0.15) is 27.7 Å². The second-order valence-corrected chi connectivity index (χ2v) is 7.61. The van der Waals surface area contributed by atoms with Gasteiger partial charge in [0.1, 0.15) is 0 Å². The van der Waals surface area contributed by atoms with Crippen LogP contribution in [0.25, 0.3) is 0 Å². The summed E-state index contributed by atoms with van der Waals surface area (Å²) in [7, 11) is -7.77. The third kappa shape index (κ3) is 18.2. The maximum Gasteiger partial charge on any atom is 0.634 e. The molecule has 18 heteroatoms. The molecule has 14 nitrogen and oxygen atoms in total. The van der Waals surface area contributed by atoms with Crippen molar-refractivity contribution in [2.45, 2.75) is 52.1 Å². The van der Waals surface area contributed by atoms with Crippen molar-refractivity contribution in [3.8, 4) is 0 Å². The zero-order valence-electron chi connectivity index (χ0n) is 19.0. The third-order valence-corrected chi connectivity index (χ3v) is 4.21. The van der Waals surface area contributed by atoms with Crippen LogP contribution in [-0.2, 0) is 18.6 Å². The molecule has 0 radical (unpaired) electrons. The maximum atomic E-state index is 9.00. The third-order valence-electron chi connectivity index (χ3n) is 4.21. The molecule has 0 aliphatic rings. The minimum atomic E-state index is -1.94. The molecule has 0 saturated carbocycles. The summed E-state index contributed by atoms with van der Waals surface area (Å²) in [6.07, 6.45) is -2.30. The maximum absolute atomic E-state index is 9.00. The van der Waals surface area contributed by atoms with Crippen LogP contribution < -0.4 is 0 Å². The van der Waals surface area contributed by atoms with Gasteiger partial charge in [0.05, 0.1) is 24.4 Å². The van der Waals surface area contributed by atoms with Gasteiger partial charge in [0.15, 0.2) is 0 Å². The summed E-state index contributed by atoms with van der Waals surface area (Å²) < 4.78 is 19.7. The van der Waals surface area contributed by atoms with Crippen LogP contribution >= 0.6 is 0 Å². The molecule has 0 aromatic carbocycles. The van der Waals surface area contributed by atoms with Gasteiger partial charge in [-0.25, -0.2) is 0 Å². The number of rotatable bonds is 19. The molecule has 0 amide bonds. The first-order chi connectivity index (χ1) is 14.8. The molecule has 0 rings (SSSR count). The standard InChI is InChI=1S/C14H36B4N2O12/c1-11(29-15(21)22)7-19(8-12(2)30-16(23)24)5-6-20(9-13(3)31-17(25)26)10-14(4)32-18(27)28/h11-14,21-28H,5-10H2,1-4H3. The lowest BCUT2D eigenvalue weighted by Gasteiger charge is -2.33. The van der Waals surface area contributed by atoms with Gasteiger partial charge in [-0.3, -0.25) is 9.80 Å². The highest BCUT2D eigenvalue weighted by molar-refractivity contribution is 6.33. The fourth-order valence-electron chi connectivity index (χ4n) is 3.25. The largest absolute Gasteiger partial charge is 0.634 e. The van der Waals surface area contributed by atoms with Crippen molar-refractivity contribution in [3.63, 3.8) is 0 Å². The van der Waals surface area contributed by atoms with Crippen molar-refractivity contribution in [2.24, 2.45) is 0 Å². The van der Waals surface area contributed by atoms with Gasteiger partial charge in [0, 0.05) is 39.3 Å². The Balaban J connectivity index is 5.14. The smallest absolute Gasteiger partial charge is 0.402 e. The molecule has 32 heavy (non-hydrogen) atoms. The van der Waals surface area contributed by atoms with E-state index in [1.807, 2.05) is 9.80 Å². The molecule has 0 saturated heterocycles. The van der Waals surface area contributed by atoms with E-state index in [-0.39, 0.29) is 26.2 Å². The zero-order chi connectivity index (χ0) is 24.8. The van der Waals surface area contributed by atoms with E-state index in [4.69, 9.17) is 58.8 Å². The second kappa shape index (κ2) is 17.2. The summed E-state index contributed by atoms with van der Waals surface area (Å²) in [4.78, 5) is 3.68. The Morgan fingerprint density at radius 2 is 0.656 bits per heavy atom. The number of hydrogen-bond donors (Lipinski definition) is 8. The van der Waals surface area contributed by atoms with E-state index in [1.54, 1.807) is 27.7 Å². The minimum absolute atomic E-state index is 0.253. The average Bonchev–Trinajstić information content (AvgIpc) is 2.56. The molecule has 0 bridgehead atoms. The Morgan fingerprint density at radius 3 is 0.812 bits per heavy atom. The van der Waals surface area contributed by atoms with Gasteiger partial charge in [-0.2, -0.15) is 0 Å². The fourth-order valence-corrected chi connectivity index (χ4v) is 3.25. The van der Waals surface area contributed by atoms with Gasteiger partial charge in [-0.15, -0.1) is 0 Å². The lowest BCUT2D eigenvalue weighted by molar-refractivity contribution is 0.0371. The van der Waals surface area contributed by atoms with Crippen molar-refractivity contribution < 1.29 is 58.8 Å². The zero-order valence-corrected chi connectivity index (χ0v) is 19.0. The average molecular weight is 468 g/mol. The molecule has 0 aliphatic carbocycles. The van der Waals surface area contributed by atoms with E-state index >= 15 is 0 Å². The second-order valence-electron chi connectivity index (χ2n) is 7.61. The molecular formula is C14H36B4N2O12. The predicted octanol–water partition coefficient (Wildman–Crippen LogP) is -4.91. The molecule has 0 aromatic rings. The Kier molecular flexibility index (Phi) is 17.0. The van der Waals surface area contributed by atoms with Crippen molar-refractivity contribution in [1.29, 1.82) is 0 Å². The Hall–Kier alpha value is -0.300. The van der Waals surface area contributed by atoms with Gasteiger partial charge < -0.3 is 58.8 Å². The van der Waals surface area contributed by atoms with Crippen LogP contribution in [0.4, 0.5) is 0 Å². The SMILES string of the molecule is CC(CN(CCN(CC(C)OB(O)O)CC(C)OB(O)O)CC(C)OB(O)O)OB(O)O. The first-order valence-corrected chi connectivity index (χ1v) is 10.3. The molecular weight excluding hydrogens is 431 g/mol. The molecule has 4 unspecified atom stereocenters. The molecule has 0 heterocycles. The van der Waals surface area contributed by atoms with E-state index in [0.717, 1.165) is 0 Å². The quantitative estimate of drug-likeness (QED) is 0.0838. The summed E-state index contributed by atoms with van der Waals surface area (Å²) in [5, 5.41) is 72.0. The molecule has 0 fully saturated rings. The topological polar surface area (TPSA) is 205 Å². The van der Waals surface area contributed by atoms with Crippen LogP contribution in [0, 0.1) is 0 Å². The number of hydrogen-bond acceptors (Lipinski definition) is 14. The van der Waals surface area contributed by atoms with Crippen molar-refractivity contribution in [3.05, 3.63) is 0 Å². The molecule has 186 valence electrons. The molecule has 4 atom stereocenters. The lowest BCUT2D eigenvalue weighted by Crippen LogP contribution is -2.47. The first-order valence-electron chi connectivity index (χ1n) is 10.3. The van der Waals surface area contributed by atoms with E-state index in [0.29, 0.717) is 13.1 Å². The Morgan fingerprint density at radius 1 is 0.469 bits per heavy atom. The van der Waals surface area contributed by atoms with Crippen molar-refractivity contribution in [2.75, 3.05) is 39.3 Å². The Labute approximate surface area is 190 Å². The van der Waals surface area contributed by atoms with E-state index in [9.17, 15) is 0 Å². The van der Waals surface area contributed by atoms with Gasteiger partial charge in [0.2, 0.25) is 0 Å². The lowest BCUT2D eigenvalue weighted by atomic mass is 10.2. The van der Waals surface area contributed by atoms with Crippen LogP contribution in [0.3, 0.4) is 0 Å². The van der Waals surface area contributed by atoms with Crippen LogP contribution in [0.5, 0.6) is 0 Å². The summed E-state index contributed by atoms with van der Waals surface area (Å²) in [5.41, 5.74) is 0. The summed E-state index contributed by atoms with van der Waals surface area (Å²) in [5.74, 6) is 0. The number of nitrogens with zero attached hydrogens (tertiary/aromatic N) is 2. The fraction of sp³-hybridized carbons (Fsp3) is 1.00. The van der Waals surface area contributed by atoms with E-state index in [1.165, 1.54) is 0 Å². The van der Waals surface area contributed by atoms with Gasteiger partial charge in [0.25, 0.3) is 0 Å². The normalized spacial score (nSPS) is 15.6. The summed E-state index contributed by atoms with van der Waals surface area (Å²) in [6.45, 7) is 8.31. The molecule has 0 aliphatic heterocycles. The van der Waals surface area contributed by atoms with Gasteiger partial charge >= 0.3 is 29.3 Å². The van der Waals surface area contributed by atoms with Gasteiger partial charge in [-0.05, 0) is 27.7 Å². The first kappa shape index (κ1) is 31.7. The molecule has 0 aromatic heterocycles. The molecule has 8 N–H and O–H groups in total. The monoisotopic (exact) mass is 468 g/mol.